The van der Waals surface area contributed by atoms with Gasteiger partial charge in [-0.1, -0.05) is 30.3 Å². The summed E-state index contributed by atoms with van der Waals surface area (Å²) < 4.78 is 11.7. The van der Waals surface area contributed by atoms with Crippen LogP contribution in [0.1, 0.15) is 38.1 Å². The standard InChI is InChI=1S/C26H28N2O4/c1-5-28-20-13-12-18(15-22(20)32-16-26(3,4)25(28)30)27-24(29)23-19-10-8-7-9-17(19)11-14-21(23)31-6-2/h7-15H,5-6,16H2,1-4H3,(H,27,29). The first-order valence-electron chi connectivity index (χ1n) is 10.9. The van der Waals surface area contributed by atoms with Gasteiger partial charge in [0.15, 0.2) is 0 Å². The summed E-state index contributed by atoms with van der Waals surface area (Å²) in [5.41, 5.74) is 1.16. The van der Waals surface area contributed by atoms with Crippen molar-refractivity contribution in [1.82, 2.24) is 0 Å². The molecule has 1 aliphatic heterocycles. The second kappa shape index (κ2) is 8.54. The molecule has 0 unspecified atom stereocenters. The van der Waals surface area contributed by atoms with E-state index in [0.717, 1.165) is 10.8 Å². The van der Waals surface area contributed by atoms with Crippen LogP contribution in [-0.4, -0.2) is 31.6 Å². The number of hydrogen-bond acceptors (Lipinski definition) is 4. The number of amides is 2. The van der Waals surface area contributed by atoms with Gasteiger partial charge in [-0.2, -0.15) is 0 Å². The Morgan fingerprint density at radius 3 is 2.66 bits per heavy atom. The van der Waals surface area contributed by atoms with Crippen molar-refractivity contribution in [3.8, 4) is 11.5 Å². The average molecular weight is 433 g/mol. The molecule has 0 saturated carbocycles. The first-order valence-corrected chi connectivity index (χ1v) is 10.9. The number of ether oxygens (including phenoxy) is 2. The minimum Gasteiger partial charge on any atom is -0.493 e. The lowest BCUT2D eigenvalue weighted by molar-refractivity contribution is -0.127. The number of benzene rings is 3. The van der Waals surface area contributed by atoms with E-state index >= 15 is 0 Å². The van der Waals surface area contributed by atoms with Crippen molar-refractivity contribution in [3.63, 3.8) is 0 Å². The first-order chi connectivity index (χ1) is 15.4. The van der Waals surface area contributed by atoms with Crippen LogP contribution in [0.3, 0.4) is 0 Å². The SMILES string of the molecule is CCOc1ccc2ccccc2c1C(=O)Nc1ccc2c(c1)OCC(C)(C)C(=O)N2CC. The quantitative estimate of drug-likeness (QED) is 0.597. The van der Waals surface area contributed by atoms with Crippen LogP contribution in [0.5, 0.6) is 11.5 Å². The number of fused-ring (bicyclic) bond motifs is 2. The lowest BCUT2D eigenvalue weighted by Gasteiger charge is -2.26. The Balaban J connectivity index is 1.70. The maximum atomic E-state index is 13.3. The van der Waals surface area contributed by atoms with Crippen LogP contribution in [0.2, 0.25) is 0 Å². The predicted molar refractivity (Wildman–Crippen MR) is 127 cm³/mol. The Labute approximate surface area is 188 Å². The molecule has 0 bridgehead atoms. The third-order valence-corrected chi connectivity index (χ3v) is 5.66. The monoisotopic (exact) mass is 432 g/mol. The van der Waals surface area contributed by atoms with E-state index in [1.165, 1.54) is 0 Å². The van der Waals surface area contributed by atoms with E-state index in [1.807, 2.05) is 70.2 Å². The largest absolute Gasteiger partial charge is 0.493 e. The minimum atomic E-state index is -0.631. The van der Waals surface area contributed by atoms with Crippen LogP contribution in [0, 0.1) is 5.41 Å². The van der Waals surface area contributed by atoms with Crippen LogP contribution >= 0.6 is 0 Å². The lowest BCUT2D eigenvalue weighted by Crippen LogP contribution is -2.42. The second-order valence-corrected chi connectivity index (χ2v) is 8.45. The summed E-state index contributed by atoms with van der Waals surface area (Å²) in [6, 6.07) is 16.9. The molecule has 0 fully saturated rings. The summed E-state index contributed by atoms with van der Waals surface area (Å²) >= 11 is 0. The van der Waals surface area contributed by atoms with Gasteiger partial charge in [0.1, 0.15) is 18.1 Å². The van der Waals surface area contributed by atoms with Crippen LogP contribution in [0.15, 0.2) is 54.6 Å². The van der Waals surface area contributed by atoms with E-state index in [2.05, 4.69) is 5.32 Å². The van der Waals surface area contributed by atoms with E-state index in [0.29, 0.717) is 41.6 Å². The number of carbonyl (C=O) groups excluding carboxylic acids is 2. The highest BCUT2D eigenvalue weighted by Crippen LogP contribution is 2.38. The van der Waals surface area contributed by atoms with Crippen LogP contribution < -0.4 is 19.7 Å². The molecule has 1 N–H and O–H groups in total. The summed E-state index contributed by atoms with van der Waals surface area (Å²) in [5, 5.41) is 4.77. The van der Waals surface area contributed by atoms with Crippen LogP contribution in [-0.2, 0) is 4.79 Å². The van der Waals surface area contributed by atoms with Crippen molar-refractivity contribution in [2.75, 3.05) is 30.0 Å². The molecule has 166 valence electrons. The highest BCUT2D eigenvalue weighted by Gasteiger charge is 2.37. The summed E-state index contributed by atoms with van der Waals surface area (Å²) in [6.07, 6.45) is 0. The molecular weight excluding hydrogens is 404 g/mol. The number of nitrogens with zero attached hydrogens (tertiary/aromatic N) is 1. The fourth-order valence-electron chi connectivity index (χ4n) is 3.99. The molecule has 6 nitrogen and oxygen atoms in total. The summed E-state index contributed by atoms with van der Waals surface area (Å²) in [6.45, 7) is 8.85. The molecule has 0 aliphatic carbocycles. The van der Waals surface area contributed by atoms with Gasteiger partial charge in [0.05, 0.1) is 23.3 Å². The third-order valence-electron chi connectivity index (χ3n) is 5.66. The lowest BCUT2D eigenvalue weighted by atomic mass is 9.93. The minimum absolute atomic E-state index is 0.0210. The van der Waals surface area contributed by atoms with Crippen LogP contribution in [0.4, 0.5) is 11.4 Å². The van der Waals surface area contributed by atoms with E-state index < -0.39 is 5.41 Å². The van der Waals surface area contributed by atoms with E-state index in [9.17, 15) is 9.59 Å². The number of rotatable bonds is 5. The molecule has 1 aliphatic rings. The molecule has 6 heteroatoms. The molecule has 32 heavy (non-hydrogen) atoms. The Morgan fingerprint density at radius 2 is 1.91 bits per heavy atom. The Hall–Kier alpha value is -3.54. The van der Waals surface area contributed by atoms with Gasteiger partial charge in [0, 0.05) is 18.3 Å². The van der Waals surface area contributed by atoms with E-state index in [4.69, 9.17) is 9.47 Å². The summed E-state index contributed by atoms with van der Waals surface area (Å²) in [5.74, 6) is 0.876. The molecule has 4 rings (SSSR count). The van der Waals surface area contributed by atoms with Gasteiger partial charge in [-0.15, -0.1) is 0 Å². The van der Waals surface area contributed by atoms with E-state index in [1.54, 1.807) is 17.0 Å². The fourth-order valence-corrected chi connectivity index (χ4v) is 3.99. The molecule has 0 spiro atoms. The highest BCUT2D eigenvalue weighted by atomic mass is 16.5. The molecule has 0 saturated heterocycles. The molecular formula is C26H28N2O4. The van der Waals surface area contributed by atoms with Crippen molar-refractivity contribution < 1.29 is 19.1 Å². The Kier molecular flexibility index (Phi) is 5.78. The summed E-state index contributed by atoms with van der Waals surface area (Å²) in [7, 11) is 0. The first kappa shape index (κ1) is 21.7. The molecule has 3 aromatic rings. The van der Waals surface area contributed by atoms with Crippen molar-refractivity contribution in [1.29, 1.82) is 0 Å². The molecule has 0 aromatic heterocycles. The smallest absolute Gasteiger partial charge is 0.260 e. The van der Waals surface area contributed by atoms with Gasteiger partial charge in [-0.25, -0.2) is 0 Å². The van der Waals surface area contributed by atoms with Gasteiger partial charge < -0.3 is 19.7 Å². The maximum Gasteiger partial charge on any atom is 0.260 e. The van der Waals surface area contributed by atoms with Crippen molar-refractivity contribution >= 4 is 34.0 Å². The zero-order valence-corrected chi connectivity index (χ0v) is 18.9. The van der Waals surface area contributed by atoms with Gasteiger partial charge >= 0.3 is 0 Å². The Morgan fingerprint density at radius 1 is 1.12 bits per heavy atom. The topological polar surface area (TPSA) is 67.9 Å². The number of anilines is 2. The van der Waals surface area contributed by atoms with Gasteiger partial charge in [0.25, 0.3) is 5.91 Å². The van der Waals surface area contributed by atoms with Gasteiger partial charge in [-0.05, 0) is 56.7 Å². The fraction of sp³-hybridized carbons (Fsp3) is 0.308. The van der Waals surface area contributed by atoms with Crippen molar-refractivity contribution in [2.24, 2.45) is 5.41 Å². The normalized spacial score (nSPS) is 15.0. The summed E-state index contributed by atoms with van der Waals surface area (Å²) in [4.78, 5) is 28.0. The molecule has 0 atom stereocenters. The average Bonchev–Trinajstić information content (AvgIpc) is 2.87. The number of hydrogen-bond donors (Lipinski definition) is 1. The van der Waals surface area contributed by atoms with Gasteiger partial charge in [-0.3, -0.25) is 9.59 Å². The number of carbonyl (C=O) groups is 2. The highest BCUT2D eigenvalue weighted by molar-refractivity contribution is 6.15. The predicted octanol–water partition coefficient (Wildman–Crippen LogP) is 5.26. The molecule has 0 radical (unpaired) electrons. The second-order valence-electron chi connectivity index (χ2n) is 8.45. The zero-order valence-electron chi connectivity index (χ0n) is 18.9. The molecule has 1 heterocycles. The van der Waals surface area contributed by atoms with Crippen molar-refractivity contribution in [2.45, 2.75) is 27.7 Å². The molecule has 3 aromatic carbocycles. The Bertz CT molecular complexity index is 1190. The zero-order chi connectivity index (χ0) is 22.9. The maximum absolute atomic E-state index is 13.3. The van der Waals surface area contributed by atoms with E-state index in [-0.39, 0.29) is 18.4 Å². The number of nitrogens with one attached hydrogen (secondary N) is 1. The van der Waals surface area contributed by atoms with Crippen LogP contribution in [0.25, 0.3) is 10.8 Å². The third kappa shape index (κ3) is 3.88. The molecule has 2 amide bonds. The van der Waals surface area contributed by atoms with Gasteiger partial charge in [0.2, 0.25) is 5.91 Å². The van der Waals surface area contributed by atoms with Crippen molar-refractivity contribution in [3.05, 3.63) is 60.2 Å².